The van der Waals surface area contributed by atoms with E-state index < -0.39 is 6.10 Å². The van der Waals surface area contributed by atoms with Crippen LogP contribution in [0.25, 0.3) is 10.6 Å². The number of carbonyl (C=O) groups excluding carboxylic acids is 1. The van der Waals surface area contributed by atoms with E-state index >= 15 is 0 Å². The highest BCUT2D eigenvalue weighted by atomic mass is 32.1. The lowest BCUT2D eigenvalue weighted by Crippen LogP contribution is -2.53. The van der Waals surface area contributed by atoms with Gasteiger partial charge in [0, 0.05) is 68.9 Å². The molecule has 5 aromatic rings. The molecule has 6 rings (SSSR count). The number of aromatic nitrogens is 4. The summed E-state index contributed by atoms with van der Waals surface area (Å²) in [6.45, 7) is 10.4. The number of aryl methyl sites for hydroxylation is 3. The van der Waals surface area contributed by atoms with Gasteiger partial charge in [0.25, 0.3) is 0 Å². The van der Waals surface area contributed by atoms with Crippen molar-refractivity contribution >= 4 is 39.3 Å². The Hall–Kier alpha value is -4.46. The average Bonchev–Trinajstić information content (AvgIpc) is 3.70. The maximum atomic E-state index is 11.7. The quantitative estimate of drug-likeness (QED) is 0.135. The number of rotatable bonds is 12. The third-order valence-corrected chi connectivity index (χ3v) is 11.1. The van der Waals surface area contributed by atoms with Crippen LogP contribution >= 0.6 is 22.7 Å². The van der Waals surface area contributed by atoms with Crippen LogP contribution in [0, 0.1) is 20.8 Å². The lowest BCUT2D eigenvalue weighted by atomic mass is 10.0. The number of imidazole rings is 1. The Morgan fingerprint density at radius 1 is 1.02 bits per heavy atom. The molecular formula is C36H43N7O4S2. The zero-order valence-electron chi connectivity index (χ0n) is 28.3. The third-order valence-electron chi connectivity index (χ3n) is 8.77. The van der Waals surface area contributed by atoms with Crippen molar-refractivity contribution in [1.29, 1.82) is 0 Å². The fourth-order valence-corrected chi connectivity index (χ4v) is 8.78. The summed E-state index contributed by atoms with van der Waals surface area (Å²) >= 11 is 3.25. The number of carbonyl (C=O) groups is 1. The van der Waals surface area contributed by atoms with E-state index in [9.17, 15) is 20.1 Å². The zero-order valence-corrected chi connectivity index (χ0v) is 29.9. The second kappa shape index (κ2) is 14.6. The van der Waals surface area contributed by atoms with Crippen LogP contribution in [-0.2, 0) is 24.2 Å². The molecule has 1 saturated heterocycles. The number of aliphatic hydroxyl groups is 1. The van der Waals surface area contributed by atoms with E-state index in [2.05, 4.69) is 20.9 Å². The lowest BCUT2D eigenvalue weighted by Gasteiger charge is -2.43. The summed E-state index contributed by atoms with van der Waals surface area (Å²) in [6, 6.07) is 12.9. The minimum Gasteiger partial charge on any atom is -0.508 e. The Morgan fingerprint density at radius 3 is 2.53 bits per heavy atom. The molecule has 1 aliphatic rings. The number of phenolic OH excluding ortho intramolecular Hbond substituents is 2. The third kappa shape index (κ3) is 8.06. The molecule has 13 heteroatoms. The summed E-state index contributed by atoms with van der Waals surface area (Å²) in [6.07, 6.45) is 3.17. The number of benzene rings is 2. The molecule has 0 aliphatic carbocycles. The van der Waals surface area contributed by atoms with Crippen molar-refractivity contribution in [3.05, 3.63) is 87.0 Å². The molecule has 0 saturated carbocycles. The van der Waals surface area contributed by atoms with Gasteiger partial charge in [-0.25, -0.2) is 15.0 Å². The summed E-state index contributed by atoms with van der Waals surface area (Å²) in [5.74, 6) is 0.0720. The first-order chi connectivity index (χ1) is 23.4. The molecule has 4 heterocycles. The van der Waals surface area contributed by atoms with E-state index in [-0.39, 0.29) is 29.9 Å². The average molecular weight is 702 g/mol. The van der Waals surface area contributed by atoms with Gasteiger partial charge in [-0.1, -0.05) is 12.1 Å². The number of hydrogen-bond acceptors (Lipinski definition) is 11. The maximum Gasteiger partial charge on any atom is 0.217 e. The first kappa shape index (κ1) is 34.4. The van der Waals surface area contributed by atoms with Crippen molar-refractivity contribution in [3.8, 4) is 22.1 Å². The van der Waals surface area contributed by atoms with Crippen molar-refractivity contribution in [2.45, 2.75) is 72.1 Å². The van der Waals surface area contributed by atoms with Gasteiger partial charge in [0.05, 0.1) is 38.7 Å². The van der Waals surface area contributed by atoms with Gasteiger partial charge in [0.2, 0.25) is 5.91 Å². The topological polar surface area (TPSA) is 154 Å². The van der Waals surface area contributed by atoms with Crippen LogP contribution in [0.15, 0.2) is 48.8 Å². The molecule has 3 aromatic heterocycles. The van der Waals surface area contributed by atoms with Gasteiger partial charge in [-0.2, -0.15) is 0 Å². The largest absolute Gasteiger partial charge is 0.508 e. The summed E-state index contributed by atoms with van der Waals surface area (Å²) in [4.78, 5) is 31.6. The monoisotopic (exact) mass is 701 g/mol. The van der Waals surface area contributed by atoms with Gasteiger partial charge < -0.3 is 35.4 Å². The minimum atomic E-state index is -0.543. The zero-order chi connectivity index (χ0) is 34.8. The predicted octanol–water partition coefficient (Wildman–Crippen LogP) is 5.32. The van der Waals surface area contributed by atoms with E-state index in [1.165, 1.54) is 0 Å². The van der Waals surface area contributed by atoms with Crippen molar-refractivity contribution < 1.29 is 20.1 Å². The first-order valence-electron chi connectivity index (χ1n) is 16.5. The summed E-state index contributed by atoms with van der Waals surface area (Å²) in [7, 11) is 0. The number of anilines is 2. The van der Waals surface area contributed by atoms with Crippen LogP contribution in [-0.4, -0.2) is 72.5 Å². The molecule has 0 bridgehead atoms. The minimum absolute atomic E-state index is 0.0352. The van der Waals surface area contributed by atoms with E-state index in [1.807, 2.05) is 37.5 Å². The Morgan fingerprint density at radius 2 is 1.82 bits per heavy atom. The van der Waals surface area contributed by atoms with Crippen LogP contribution < -0.4 is 15.5 Å². The molecule has 1 amide bonds. The molecule has 1 aliphatic heterocycles. The SMILES string of the molecule is Cc1nc(C)c(-c2ncn(Cc3cc(O)cc(Cc4nc(C)c(N5CCN(c6cccc(O)c6)C(CCC(N)=O)C5)s4)c3)c2CC(C)O)s1. The van der Waals surface area contributed by atoms with Crippen LogP contribution in [0.4, 0.5) is 10.7 Å². The Bertz CT molecular complexity index is 1950. The Labute approximate surface area is 294 Å². The summed E-state index contributed by atoms with van der Waals surface area (Å²) < 4.78 is 2.05. The second-order valence-electron chi connectivity index (χ2n) is 12.9. The molecule has 49 heavy (non-hydrogen) atoms. The van der Waals surface area contributed by atoms with Gasteiger partial charge in [-0.15, -0.1) is 22.7 Å². The van der Waals surface area contributed by atoms with E-state index in [4.69, 9.17) is 15.7 Å². The van der Waals surface area contributed by atoms with Gasteiger partial charge in [-0.3, -0.25) is 4.79 Å². The van der Waals surface area contributed by atoms with E-state index in [0.717, 1.165) is 72.6 Å². The van der Waals surface area contributed by atoms with Crippen molar-refractivity contribution in [2.24, 2.45) is 5.73 Å². The van der Waals surface area contributed by atoms with Gasteiger partial charge in [0.15, 0.2) is 0 Å². The summed E-state index contributed by atoms with van der Waals surface area (Å²) in [5, 5.41) is 34.2. The number of amides is 1. The molecule has 1 fully saturated rings. The highest BCUT2D eigenvalue weighted by Crippen LogP contribution is 2.35. The molecule has 0 radical (unpaired) electrons. The van der Waals surface area contributed by atoms with Crippen molar-refractivity contribution in [3.63, 3.8) is 0 Å². The molecule has 2 unspecified atom stereocenters. The lowest BCUT2D eigenvalue weighted by molar-refractivity contribution is -0.118. The highest BCUT2D eigenvalue weighted by Gasteiger charge is 2.30. The molecule has 0 spiro atoms. The van der Waals surface area contributed by atoms with Crippen LogP contribution in [0.2, 0.25) is 0 Å². The number of primary amides is 1. The van der Waals surface area contributed by atoms with Crippen molar-refractivity contribution in [1.82, 2.24) is 19.5 Å². The normalized spacial score (nSPS) is 15.6. The van der Waals surface area contributed by atoms with Gasteiger partial charge in [0.1, 0.15) is 22.2 Å². The fraction of sp³-hybridized carbons (Fsp3) is 0.389. The number of aliphatic hydroxyl groups excluding tert-OH is 1. The smallest absolute Gasteiger partial charge is 0.217 e. The standard InChI is InChI=1S/C36H43N7O4S2/c1-21(44)12-31-34(35-22(2)39-24(4)48-35)38-20-42(31)18-26-13-25(14-30(46)15-26)16-33-40-23(3)36(49-33)41-10-11-43(27-6-5-7-29(45)17-27)28(19-41)8-9-32(37)47/h5-7,13-15,17,20-21,28,44-46H,8-12,16,18-19H2,1-4H3,(H2,37,47). The maximum absolute atomic E-state index is 11.7. The molecule has 2 atom stereocenters. The van der Waals surface area contributed by atoms with Gasteiger partial charge in [-0.05, 0) is 69.5 Å². The Kier molecular flexibility index (Phi) is 10.2. The van der Waals surface area contributed by atoms with Crippen molar-refractivity contribution in [2.75, 3.05) is 29.4 Å². The van der Waals surface area contributed by atoms with Crippen LogP contribution in [0.5, 0.6) is 11.5 Å². The van der Waals surface area contributed by atoms with Crippen LogP contribution in [0.1, 0.15) is 58.0 Å². The van der Waals surface area contributed by atoms with Gasteiger partial charge >= 0.3 is 0 Å². The fourth-order valence-electron chi connectivity index (χ4n) is 6.71. The Balaban J connectivity index is 1.20. The number of phenols is 2. The number of nitrogens with two attached hydrogens (primary N) is 1. The molecule has 5 N–H and O–H groups in total. The first-order valence-corrected chi connectivity index (χ1v) is 18.1. The molecular weight excluding hydrogens is 659 g/mol. The number of piperazine rings is 1. The second-order valence-corrected chi connectivity index (χ2v) is 15.1. The number of nitrogens with zero attached hydrogens (tertiary/aromatic N) is 6. The highest BCUT2D eigenvalue weighted by molar-refractivity contribution is 7.16. The van der Waals surface area contributed by atoms with E-state index in [1.54, 1.807) is 60.2 Å². The van der Waals surface area contributed by atoms with E-state index in [0.29, 0.717) is 32.4 Å². The molecule has 11 nitrogen and oxygen atoms in total. The number of thiazole rings is 2. The number of aromatic hydroxyl groups is 2. The molecule has 2 aromatic carbocycles. The van der Waals surface area contributed by atoms with Crippen LogP contribution in [0.3, 0.4) is 0 Å². The summed E-state index contributed by atoms with van der Waals surface area (Å²) in [5.41, 5.74) is 12.0. The number of hydrogen-bond donors (Lipinski definition) is 4. The molecule has 258 valence electrons. The predicted molar refractivity (Wildman–Crippen MR) is 195 cm³/mol.